The Labute approximate surface area is 193 Å². The van der Waals surface area contributed by atoms with Crippen molar-refractivity contribution >= 4 is 5.57 Å². The van der Waals surface area contributed by atoms with Gasteiger partial charge in [-0.2, -0.15) is 0 Å². The molecule has 1 saturated heterocycles. The Bertz CT molecular complexity index is 970. The summed E-state index contributed by atoms with van der Waals surface area (Å²) in [6, 6.07) is 30.3. The summed E-state index contributed by atoms with van der Waals surface area (Å²) in [5.41, 5.74) is 6.69. The number of nitrogens with zero attached hydrogens (tertiary/aromatic N) is 1. The quantitative estimate of drug-likeness (QED) is 0.366. The smallest absolute Gasteiger partial charge is 0.119 e. The molecule has 0 saturated carbocycles. The monoisotopic (exact) mass is 425 g/mol. The van der Waals surface area contributed by atoms with E-state index in [1.54, 1.807) is 0 Å². The lowest BCUT2D eigenvalue weighted by Crippen LogP contribution is -2.33. The van der Waals surface area contributed by atoms with Crippen LogP contribution >= 0.6 is 0 Å². The number of benzene rings is 3. The molecule has 4 rings (SSSR count). The van der Waals surface area contributed by atoms with Gasteiger partial charge in [0.2, 0.25) is 0 Å². The van der Waals surface area contributed by atoms with E-state index in [1.807, 2.05) is 0 Å². The third kappa shape index (κ3) is 6.11. The van der Waals surface area contributed by atoms with E-state index in [4.69, 9.17) is 4.74 Å². The number of rotatable bonds is 9. The number of ether oxygens (including phenoxy) is 1. The standard InChI is InChI=1S/C30H35NO/c1-2-26(24-25-12-6-3-7-13-25)30(27-14-8-4-9-15-27)28-16-18-29(19-17-28)32-23-22-31-20-10-5-11-21-31/h3-4,6-9,12-19H,2,5,10-11,20-24H2,1H3/b30-26-. The third-order valence-electron chi connectivity index (χ3n) is 6.37. The van der Waals surface area contributed by atoms with Crippen molar-refractivity contribution in [1.82, 2.24) is 4.90 Å². The average molecular weight is 426 g/mol. The summed E-state index contributed by atoms with van der Waals surface area (Å²) in [6.07, 6.45) is 6.01. The Morgan fingerprint density at radius 1 is 0.750 bits per heavy atom. The maximum atomic E-state index is 6.07. The second kappa shape index (κ2) is 11.7. The van der Waals surface area contributed by atoms with Crippen molar-refractivity contribution in [3.05, 3.63) is 107 Å². The van der Waals surface area contributed by atoms with Gasteiger partial charge in [0.1, 0.15) is 12.4 Å². The van der Waals surface area contributed by atoms with Gasteiger partial charge in [-0.05, 0) is 73.2 Å². The molecular formula is C30H35NO. The van der Waals surface area contributed by atoms with E-state index in [2.05, 4.69) is 96.8 Å². The molecule has 0 radical (unpaired) electrons. The first-order valence-electron chi connectivity index (χ1n) is 12.1. The first-order valence-corrected chi connectivity index (χ1v) is 12.1. The molecule has 0 aromatic heterocycles. The summed E-state index contributed by atoms with van der Waals surface area (Å²) < 4.78 is 6.07. The highest BCUT2D eigenvalue weighted by Crippen LogP contribution is 2.31. The molecule has 0 spiro atoms. The van der Waals surface area contributed by atoms with Crippen LogP contribution in [0.15, 0.2) is 90.5 Å². The molecule has 2 nitrogen and oxygen atoms in total. The molecule has 1 aliphatic heterocycles. The molecular weight excluding hydrogens is 390 g/mol. The normalized spacial score (nSPS) is 15.3. The molecule has 0 amide bonds. The minimum Gasteiger partial charge on any atom is -0.492 e. The number of likely N-dealkylation sites (tertiary alicyclic amines) is 1. The van der Waals surface area contributed by atoms with Crippen LogP contribution < -0.4 is 4.74 Å². The summed E-state index contributed by atoms with van der Waals surface area (Å²) >= 11 is 0. The van der Waals surface area contributed by atoms with Crippen molar-refractivity contribution < 1.29 is 4.74 Å². The summed E-state index contributed by atoms with van der Waals surface area (Å²) in [4.78, 5) is 2.52. The van der Waals surface area contributed by atoms with Crippen molar-refractivity contribution in [2.45, 2.75) is 39.0 Å². The highest BCUT2D eigenvalue weighted by Gasteiger charge is 2.13. The van der Waals surface area contributed by atoms with Crippen molar-refractivity contribution in [2.24, 2.45) is 0 Å². The van der Waals surface area contributed by atoms with Gasteiger partial charge in [-0.1, -0.05) is 91.7 Å². The fourth-order valence-corrected chi connectivity index (χ4v) is 4.61. The van der Waals surface area contributed by atoms with Gasteiger partial charge >= 0.3 is 0 Å². The fraction of sp³-hybridized carbons (Fsp3) is 0.333. The van der Waals surface area contributed by atoms with Gasteiger partial charge in [0, 0.05) is 6.54 Å². The van der Waals surface area contributed by atoms with E-state index in [0.29, 0.717) is 0 Å². The molecule has 0 aliphatic carbocycles. The van der Waals surface area contributed by atoms with E-state index < -0.39 is 0 Å². The molecule has 166 valence electrons. The van der Waals surface area contributed by atoms with Crippen LogP contribution in [0.5, 0.6) is 5.75 Å². The van der Waals surface area contributed by atoms with Crippen molar-refractivity contribution in [3.63, 3.8) is 0 Å². The molecule has 3 aromatic rings. The molecule has 0 bridgehead atoms. The predicted octanol–water partition coefficient (Wildman–Crippen LogP) is 7.01. The highest BCUT2D eigenvalue weighted by atomic mass is 16.5. The van der Waals surface area contributed by atoms with Gasteiger partial charge in [0.15, 0.2) is 0 Å². The Hall–Kier alpha value is -2.84. The molecule has 1 aliphatic rings. The largest absolute Gasteiger partial charge is 0.492 e. The van der Waals surface area contributed by atoms with Crippen LogP contribution in [0.1, 0.15) is 49.3 Å². The Morgan fingerprint density at radius 3 is 2.03 bits per heavy atom. The summed E-state index contributed by atoms with van der Waals surface area (Å²) in [5.74, 6) is 0.958. The Balaban J connectivity index is 1.53. The maximum absolute atomic E-state index is 6.07. The van der Waals surface area contributed by atoms with Crippen molar-refractivity contribution in [2.75, 3.05) is 26.2 Å². The molecule has 0 N–H and O–H groups in total. The van der Waals surface area contributed by atoms with Gasteiger partial charge in [-0.3, -0.25) is 4.90 Å². The van der Waals surface area contributed by atoms with Crippen LogP contribution in [0.4, 0.5) is 0 Å². The van der Waals surface area contributed by atoms with Gasteiger partial charge in [0.05, 0.1) is 0 Å². The van der Waals surface area contributed by atoms with Gasteiger partial charge in [-0.25, -0.2) is 0 Å². The van der Waals surface area contributed by atoms with E-state index in [-0.39, 0.29) is 0 Å². The molecule has 1 heterocycles. The predicted molar refractivity (Wildman–Crippen MR) is 135 cm³/mol. The SMILES string of the molecule is CC/C(Cc1ccccc1)=C(\c1ccccc1)c1ccc(OCCN2CCCCC2)cc1. The second-order valence-corrected chi connectivity index (χ2v) is 8.64. The molecule has 1 fully saturated rings. The first kappa shape index (κ1) is 22.4. The van der Waals surface area contributed by atoms with Gasteiger partial charge in [0.25, 0.3) is 0 Å². The lowest BCUT2D eigenvalue weighted by atomic mass is 9.88. The van der Waals surface area contributed by atoms with E-state index in [1.165, 1.54) is 60.2 Å². The fourth-order valence-electron chi connectivity index (χ4n) is 4.61. The molecule has 2 heteroatoms. The van der Waals surface area contributed by atoms with Crippen LogP contribution in [-0.4, -0.2) is 31.1 Å². The van der Waals surface area contributed by atoms with Gasteiger partial charge in [-0.15, -0.1) is 0 Å². The average Bonchev–Trinajstić information content (AvgIpc) is 2.86. The minimum atomic E-state index is 0.759. The van der Waals surface area contributed by atoms with Crippen molar-refractivity contribution in [3.8, 4) is 5.75 Å². The molecule has 3 aromatic carbocycles. The summed E-state index contributed by atoms with van der Waals surface area (Å²) in [5, 5.41) is 0. The molecule has 32 heavy (non-hydrogen) atoms. The highest BCUT2D eigenvalue weighted by molar-refractivity contribution is 5.82. The number of hydrogen-bond acceptors (Lipinski definition) is 2. The third-order valence-corrected chi connectivity index (χ3v) is 6.37. The minimum absolute atomic E-state index is 0.759. The lowest BCUT2D eigenvalue weighted by Gasteiger charge is -2.26. The zero-order valence-electron chi connectivity index (χ0n) is 19.3. The van der Waals surface area contributed by atoms with Crippen LogP contribution in [0.2, 0.25) is 0 Å². The topological polar surface area (TPSA) is 12.5 Å². The lowest BCUT2D eigenvalue weighted by molar-refractivity contribution is 0.183. The van der Waals surface area contributed by atoms with Crippen molar-refractivity contribution in [1.29, 1.82) is 0 Å². The van der Waals surface area contributed by atoms with Crippen LogP contribution in [-0.2, 0) is 6.42 Å². The van der Waals surface area contributed by atoms with Gasteiger partial charge < -0.3 is 4.74 Å². The second-order valence-electron chi connectivity index (χ2n) is 8.64. The molecule has 0 atom stereocenters. The number of hydrogen-bond donors (Lipinski definition) is 0. The van der Waals surface area contributed by atoms with Crippen LogP contribution in [0.3, 0.4) is 0 Å². The summed E-state index contributed by atoms with van der Waals surface area (Å²) in [6.45, 7) is 6.48. The van der Waals surface area contributed by atoms with Crippen LogP contribution in [0, 0.1) is 0 Å². The zero-order valence-corrected chi connectivity index (χ0v) is 19.3. The first-order chi connectivity index (χ1) is 15.8. The summed E-state index contributed by atoms with van der Waals surface area (Å²) in [7, 11) is 0. The van der Waals surface area contributed by atoms with E-state index in [9.17, 15) is 0 Å². The Kier molecular flexibility index (Phi) is 8.17. The van der Waals surface area contributed by atoms with Crippen LogP contribution in [0.25, 0.3) is 5.57 Å². The van der Waals surface area contributed by atoms with E-state index in [0.717, 1.165) is 31.7 Å². The maximum Gasteiger partial charge on any atom is 0.119 e. The van der Waals surface area contributed by atoms with E-state index >= 15 is 0 Å². The number of piperidine rings is 1. The Morgan fingerprint density at radius 2 is 1.38 bits per heavy atom. The zero-order chi connectivity index (χ0) is 22.0. The number of allylic oxidation sites excluding steroid dienone is 1. The molecule has 0 unspecified atom stereocenters.